The van der Waals surface area contributed by atoms with Crippen LogP contribution in [0.5, 0.6) is 0 Å². The fourth-order valence-corrected chi connectivity index (χ4v) is 3.69. The molecule has 8 nitrogen and oxygen atoms in total. The fourth-order valence-electron chi connectivity index (χ4n) is 3.69. The van der Waals surface area contributed by atoms with Gasteiger partial charge in [-0.15, -0.1) is 24.0 Å². The largest absolute Gasteiger partial charge is 0.356 e. The number of aryl methyl sites for hydroxylation is 1. The zero-order chi connectivity index (χ0) is 22.8. The summed E-state index contributed by atoms with van der Waals surface area (Å²) >= 11 is 0. The van der Waals surface area contributed by atoms with Gasteiger partial charge in [-0.1, -0.05) is 36.4 Å². The number of pyridine rings is 1. The van der Waals surface area contributed by atoms with Gasteiger partial charge in [-0.25, -0.2) is 4.98 Å². The number of carbonyl (C=O) groups is 2. The number of guanidine groups is 1. The second kappa shape index (κ2) is 13.8. The highest BCUT2D eigenvalue weighted by molar-refractivity contribution is 14.0. The smallest absolute Gasteiger partial charge is 0.227 e. The average Bonchev–Trinajstić information content (AvgIpc) is 3.14. The summed E-state index contributed by atoms with van der Waals surface area (Å²) in [6.07, 6.45) is 1.71. The predicted molar refractivity (Wildman–Crippen MR) is 142 cm³/mol. The number of aliphatic imine (C=N–C) groups is 1. The second-order valence-electron chi connectivity index (χ2n) is 7.99. The van der Waals surface area contributed by atoms with Crippen molar-refractivity contribution in [2.75, 3.05) is 38.5 Å². The Bertz CT molecular complexity index is 938. The molecule has 2 amide bonds. The van der Waals surface area contributed by atoms with E-state index in [9.17, 15) is 9.59 Å². The molecule has 33 heavy (non-hydrogen) atoms. The summed E-state index contributed by atoms with van der Waals surface area (Å²) in [5.74, 6) is 1.52. The van der Waals surface area contributed by atoms with Crippen molar-refractivity contribution >= 4 is 47.6 Å². The minimum absolute atomic E-state index is 0. The van der Waals surface area contributed by atoms with Crippen LogP contribution in [-0.2, 0) is 16.0 Å². The van der Waals surface area contributed by atoms with Crippen molar-refractivity contribution in [1.82, 2.24) is 20.5 Å². The normalized spacial score (nSPS) is 15.7. The summed E-state index contributed by atoms with van der Waals surface area (Å²) in [6, 6.07) is 15.7. The van der Waals surface area contributed by atoms with Gasteiger partial charge in [0.05, 0.1) is 0 Å². The third-order valence-corrected chi connectivity index (χ3v) is 5.39. The van der Waals surface area contributed by atoms with Crippen LogP contribution in [0.15, 0.2) is 53.5 Å². The van der Waals surface area contributed by atoms with Gasteiger partial charge in [0.2, 0.25) is 11.8 Å². The summed E-state index contributed by atoms with van der Waals surface area (Å²) in [5.41, 5.74) is 2.10. The highest BCUT2D eigenvalue weighted by Crippen LogP contribution is 2.17. The molecule has 9 heteroatoms. The number of halogens is 1. The van der Waals surface area contributed by atoms with E-state index in [1.165, 1.54) is 5.56 Å². The van der Waals surface area contributed by atoms with Crippen molar-refractivity contribution in [3.8, 4) is 0 Å². The Morgan fingerprint density at radius 2 is 1.94 bits per heavy atom. The van der Waals surface area contributed by atoms with Crippen LogP contribution >= 0.6 is 24.0 Å². The number of anilines is 1. The molecular weight excluding hydrogens is 531 g/mol. The number of nitrogens with one attached hydrogen (secondary N) is 3. The zero-order valence-corrected chi connectivity index (χ0v) is 21.5. The summed E-state index contributed by atoms with van der Waals surface area (Å²) in [4.78, 5) is 34.9. The van der Waals surface area contributed by atoms with Crippen molar-refractivity contribution in [3.63, 3.8) is 0 Å². The van der Waals surface area contributed by atoms with E-state index >= 15 is 0 Å². The predicted octanol–water partition coefficient (Wildman–Crippen LogP) is 2.59. The van der Waals surface area contributed by atoms with Crippen LogP contribution in [0.25, 0.3) is 0 Å². The van der Waals surface area contributed by atoms with E-state index in [2.05, 4.69) is 38.1 Å². The Morgan fingerprint density at radius 1 is 1.15 bits per heavy atom. The molecule has 0 aliphatic carbocycles. The van der Waals surface area contributed by atoms with Crippen LogP contribution < -0.4 is 16.0 Å². The molecule has 2 aromatic rings. The highest BCUT2D eigenvalue weighted by atomic mass is 127. The number of likely N-dealkylation sites (tertiary alicyclic amines) is 1. The molecule has 0 bridgehead atoms. The summed E-state index contributed by atoms with van der Waals surface area (Å²) in [7, 11) is 1.69. The van der Waals surface area contributed by atoms with E-state index in [0.717, 1.165) is 25.2 Å². The third kappa shape index (κ3) is 8.99. The molecule has 3 rings (SSSR count). The van der Waals surface area contributed by atoms with Crippen molar-refractivity contribution in [1.29, 1.82) is 0 Å². The number of nitrogens with zero attached hydrogens (tertiary/aromatic N) is 3. The molecular formula is C24H33IN6O2. The number of hydrogen-bond acceptors (Lipinski definition) is 4. The molecule has 1 unspecified atom stereocenters. The molecule has 0 radical (unpaired) electrons. The van der Waals surface area contributed by atoms with Gasteiger partial charge in [0, 0.05) is 57.7 Å². The van der Waals surface area contributed by atoms with Gasteiger partial charge in [-0.05, 0) is 31.0 Å². The topological polar surface area (TPSA) is 98.7 Å². The fraction of sp³-hybridized carbons (Fsp3) is 0.417. The van der Waals surface area contributed by atoms with Gasteiger partial charge in [-0.2, -0.15) is 0 Å². The molecule has 1 aromatic carbocycles. The number of rotatable bonds is 9. The lowest BCUT2D eigenvalue weighted by atomic mass is 10.1. The maximum absolute atomic E-state index is 12.3. The Hall–Kier alpha value is -2.69. The lowest BCUT2D eigenvalue weighted by molar-refractivity contribution is -0.127. The molecule has 1 aromatic heterocycles. The minimum Gasteiger partial charge on any atom is -0.356 e. The molecule has 3 N–H and O–H groups in total. The van der Waals surface area contributed by atoms with Crippen molar-refractivity contribution in [2.45, 2.75) is 26.2 Å². The van der Waals surface area contributed by atoms with Gasteiger partial charge >= 0.3 is 0 Å². The third-order valence-electron chi connectivity index (χ3n) is 5.39. The van der Waals surface area contributed by atoms with E-state index in [1.807, 2.05) is 42.2 Å². The zero-order valence-electron chi connectivity index (χ0n) is 19.2. The Balaban J connectivity index is 0.00000385. The maximum atomic E-state index is 12.3. The van der Waals surface area contributed by atoms with Crippen LogP contribution in [0.4, 0.5) is 5.82 Å². The van der Waals surface area contributed by atoms with Gasteiger partial charge < -0.3 is 20.9 Å². The lowest BCUT2D eigenvalue weighted by Gasteiger charge is -2.18. The number of aromatic nitrogens is 1. The van der Waals surface area contributed by atoms with E-state index in [-0.39, 0.29) is 41.7 Å². The van der Waals surface area contributed by atoms with Crippen LogP contribution in [0, 0.1) is 12.8 Å². The Labute approximate surface area is 212 Å². The Kier molecular flexibility index (Phi) is 11.1. The highest BCUT2D eigenvalue weighted by Gasteiger charge is 2.29. The van der Waals surface area contributed by atoms with Crippen LogP contribution in [0.1, 0.15) is 24.1 Å². The molecule has 1 aliphatic heterocycles. The van der Waals surface area contributed by atoms with E-state index in [1.54, 1.807) is 13.1 Å². The summed E-state index contributed by atoms with van der Waals surface area (Å²) in [6.45, 7) is 4.49. The van der Waals surface area contributed by atoms with E-state index in [4.69, 9.17) is 0 Å². The molecule has 2 heterocycles. The van der Waals surface area contributed by atoms with Crippen LogP contribution in [-0.4, -0.2) is 60.9 Å². The number of hydrogen-bond donors (Lipinski definition) is 3. The summed E-state index contributed by atoms with van der Waals surface area (Å²) < 4.78 is 0. The van der Waals surface area contributed by atoms with Crippen molar-refractivity contribution in [2.24, 2.45) is 10.9 Å². The standard InChI is InChI=1S/C24H32N6O2.HI/c1-18-7-6-10-21(28-18)29-22(31)11-13-26-24(25-2)27-16-20-15-23(32)30(17-20)14-12-19-8-4-3-5-9-19;/h3-10,20H,11-17H2,1-2H3,(H2,25,26,27)(H,28,29,31);1H. The molecule has 0 saturated carbocycles. The quantitative estimate of drug-likeness (QED) is 0.247. The molecule has 1 atom stereocenters. The van der Waals surface area contributed by atoms with Crippen molar-refractivity contribution in [3.05, 3.63) is 59.8 Å². The maximum Gasteiger partial charge on any atom is 0.227 e. The van der Waals surface area contributed by atoms with Gasteiger partial charge in [0.15, 0.2) is 5.96 Å². The van der Waals surface area contributed by atoms with Crippen LogP contribution in [0.2, 0.25) is 0 Å². The SMILES string of the molecule is CN=C(NCCC(=O)Nc1cccc(C)n1)NCC1CC(=O)N(CCc2ccccc2)C1.I. The first-order chi connectivity index (χ1) is 15.5. The number of benzene rings is 1. The van der Waals surface area contributed by atoms with Crippen molar-refractivity contribution < 1.29 is 9.59 Å². The minimum atomic E-state index is -0.110. The van der Waals surface area contributed by atoms with Crippen LogP contribution in [0.3, 0.4) is 0 Å². The molecule has 0 spiro atoms. The number of amides is 2. The molecule has 1 aliphatic rings. The van der Waals surface area contributed by atoms with Gasteiger partial charge in [-0.3, -0.25) is 14.6 Å². The molecule has 1 saturated heterocycles. The first-order valence-electron chi connectivity index (χ1n) is 11.0. The molecule has 178 valence electrons. The second-order valence-corrected chi connectivity index (χ2v) is 7.99. The molecule has 1 fully saturated rings. The van der Waals surface area contributed by atoms with Gasteiger partial charge in [0.1, 0.15) is 5.82 Å². The monoisotopic (exact) mass is 564 g/mol. The van der Waals surface area contributed by atoms with E-state index in [0.29, 0.717) is 37.7 Å². The van der Waals surface area contributed by atoms with E-state index < -0.39 is 0 Å². The first kappa shape index (κ1) is 26.6. The van der Waals surface area contributed by atoms with Gasteiger partial charge in [0.25, 0.3) is 0 Å². The summed E-state index contributed by atoms with van der Waals surface area (Å²) in [5, 5.41) is 9.21. The lowest BCUT2D eigenvalue weighted by Crippen LogP contribution is -2.41. The first-order valence-corrected chi connectivity index (χ1v) is 11.0. The number of carbonyl (C=O) groups excluding carboxylic acids is 2. The Morgan fingerprint density at radius 3 is 2.67 bits per heavy atom. The average molecular weight is 564 g/mol.